The van der Waals surface area contributed by atoms with Gasteiger partial charge in [0.15, 0.2) is 5.76 Å². The molecule has 0 radical (unpaired) electrons. The molecule has 6 N–H and O–H groups in total. The number of nitrogens with zero attached hydrogens (tertiary/aromatic N) is 3. The summed E-state index contributed by atoms with van der Waals surface area (Å²) in [5, 5.41) is 20.0. The number of rotatable bonds is 7. The fraction of sp³-hybridized carbons (Fsp3) is 0.333. The van der Waals surface area contributed by atoms with E-state index >= 15 is 0 Å². The Morgan fingerprint density at radius 1 is 1.00 bits per heavy atom. The summed E-state index contributed by atoms with van der Waals surface area (Å²) in [6.45, 7) is 0. The Balaban J connectivity index is 1.37. The Labute approximate surface area is 222 Å². The summed E-state index contributed by atoms with van der Waals surface area (Å²) < 4.78 is 33.8. The van der Waals surface area contributed by atoms with Crippen molar-refractivity contribution >= 4 is 34.8 Å². The first-order chi connectivity index (χ1) is 18.6. The lowest BCUT2D eigenvalue weighted by Gasteiger charge is -2.39. The molecule has 0 saturated heterocycles. The lowest BCUT2D eigenvalue weighted by atomic mass is 9.78. The zero-order chi connectivity index (χ0) is 27.8. The van der Waals surface area contributed by atoms with Gasteiger partial charge in [-0.15, -0.1) is 0 Å². The second-order valence-corrected chi connectivity index (χ2v) is 10.1. The third-order valence-corrected chi connectivity index (χ3v) is 7.37. The van der Waals surface area contributed by atoms with Crippen molar-refractivity contribution in [3.05, 3.63) is 54.3 Å². The van der Waals surface area contributed by atoms with Crippen LogP contribution in [-0.2, 0) is 4.79 Å². The van der Waals surface area contributed by atoms with Gasteiger partial charge in [-0.3, -0.25) is 14.6 Å². The maximum absolute atomic E-state index is 14.0. The number of hydrogen-bond donors (Lipinski definition) is 4. The second-order valence-electron chi connectivity index (χ2n) is 10.1. The van der Waals surface area contributed by atoms with Gasteiger partial charge in [0.25, 0.3) is 5.91 Å². The molecule has 0 unspecified atom stereocenters. The predicted molar refractivity (Wildman–Crippen MR) is 140 cm³/mol. The molecule has 3 aromatic rings. The number of carbonyl (C=O) groups is 2. The predicted octanol–water partition coefficient (Wildman–Crippen LogP) is 3.53. The van der Waals surface area contributed by atoms with Gasteiger partial charge in [-0.05, 0) is 61.1 Å². The number of carbonyl (C=O) groups excluding carboxylic acids is 2. The molecule has 0 atom stereocenters. The van der Waals surface area contributed by atoms with Crippen LogP contribution >= 0.6 is 0 Å². The molecule has 0 bridgehead atoms. The van der Waals surface area contributed by atoms with E-state index in [1.807, 2.05) is 18.2 Å². The summed E-state index contributed by atoms with van der Waals surface area (Å²) in [6.07, 6.45) is 0.629. The number of alkyl halides is 2. The molecule has 5 rings (SSSR count). The highest BCUT2D eigenvalue weighted by Gasteiger charge is 2.53. The van der Waals surface area contributed by atoms with Gasteiger partial charge < -0.3 is 20.9 Å². The molecule has 1 heterocycles. The summed E-state index contributed by atoms with van der Waals surface area (Å²) in [4.78, 5) is 26.5. The summed E-state index contributed by atoms with van der Waals surface area (Å²) in [5.41, 5.74) is 0.236. The van der Waals surface area contributed by atoms with E-state index in [1.165, 1.54) is 17.4 Å². The highest BCUT2D eigenvalue weighted by molar-refractivity contribution is 6.01. The largest absolute Gasteiger partial charge is 0.451 e. The van der Waals surface area contributed by atoms with Crippen molar-refractivity contribution in [1.82, 2.24) is 10.6 Å². The fourth-order valence-corrected chi connectivity index (χ4v) is 4.74. The highest BCUT2D eigenvalue weighted by atomic mass is 19.3. The Morgan fingerprint density at radius 2 is 1.67 bits per heavy atom. The number of hydrazone groups is 1. The molecule has 39 heavy (non-hydrogen) atoms. The van der Waals surface area contributed by atoms with Gasteiger partial charge in [0.05, 0.1) is 11.8 Å². The van der Waals surface area contributed by atoms with Crippen molar-refractivity contribution in [2.45, 2.75) is 55.5 Å². The Bertz CT molecular complexity index is 1480. The minimum Gasteiger partial charge on any atom is -0.451 e. The van der Waals surface area contributed by atoms with Gasteiger partial charge in [-0.25, -0.2) is 14.6 Å². The Hall–Kier alpha value is -4.50. The molecule has 0 spiro atoms. The molecule has 2 amide bonds. The SMILES string of the molecule is N#CC1(NC(=O)C2(NC(=O)c3cc4ccc(-c5ccc(N(N)/C=N\N)cc5)cc4o3)CCC(F)(F)CC2)CC1. The number of benzene rings is 2. The molecular formula is C27H27F2N7O3. The van der Waals surface area contributed by atoms with Crippen molar-refractivity contribution < 1.29 is 22.8 Å². The second kappa shape index (κ2) is 9.67. The zero-order valence-electron chi connectivity index (χ0n) is 20.9. The van der Waals surface area contributed by atoms with Crippen molar-refractivity contribution in [3.8, 4) is 17.2 Å². The molecule has 12 heteroatoms. The van der Waals surface area contributed by atoms with Crippen LogP contribution in [0.1, 0.15) is 49.1 Å². The molecule has 2 fully saturated rings. The van der Waals surface area contributed by atoms with Crippen molar-refractivity contribution in [1.29, 1.82) is 5.26 Å². The average Bonchev–Trinajstić information content (AvgIpc) is 3.56. The van der Waals surface area contributed by atoms with Crippen LogP contribution in [0.2, 0.25) is 0 Å². The first-order valence-electron chi connectivity index (χ1n) is 12.4. The van der Waals surface area contributed by atoms with E-state index in [-0.39, 0.29) is 18.6 Å². The van der Waals surface area contributed by atoms with E-state index in [2.05, 4.69) is 21.8 Å². The topological polar surface area (TPSA) is 163 Å². The summed E-state index contributed by atoms with van der Waals surface area (Å²) in [5.74, 6) is 6.66. The quantitative estimate of drug-likeness (QED) is 0.156. The lowest BCUT2D eigenvalue weighted by Crippen LogP contribution is -2.62. The van der Waals surface area contributed by atoms with Gasteiger partial charge in [0, 0.05) is 18.2 Å². The van der Waals surface area contributed by atoms with E-state index < -0.39 is 41.7 Å². The number of hydrogen-bond acceptors (Lipinski definition) is 7. The third kappa shape index (κ3) is 5.26. The fourth-order valence-electron chi connectivity index (χ4n) is 4.74. The van der Waals surface area contributed by atoms with Crippen LogP contribution in [0.3, 0.4) is 0 Å². The van der Waals surface area contributed by atoms with Crippen LogP contribution in [0.4, 0.5) is 14.5 Å². The average molecular weight is 536 g/mol. The number of amides is 2. The van der Waals surface area contributed by atoms with Gasteiger partial charge in [0.2, 0.25) is 11.8 Å². The first kappa shape index (κ1) is 26.1. The van der Waals surface area contributed by atoms with Crippen molar-refractivity contribution in [2.24, 2.45) is 16.8 Å². The van der Waals surface area contributed by atoms with Gasteiger partial charge in [0.1, 0.15) is 23.0 Å². The van der Waals surface area contributed by atoms with Crippen molar-refractivity contribution in [2.75, 3.05) is 5.01 Å². The smallest absolute Gasteiger partial charge is 0.287 e. The molecule has 2 aromatic carbocycles. The summed E-state index contributed by atoms with van der Waals surface area (Å²) in [6, 6.07) is 16.3. The molecule has 10 nitrogen and oxygen atoms in total. The zero-order valence-corrected chi connectivity index (χ0v) is 20.9. The van der Waals surface area contributed by atoms with E-state index in [4.69, 9.17) is 16.1 Å². The lowest BCUT2D eigenvalue weighted by molar-refractivity contribution is -0.133. The van der Waals surface area contributed by atoms with Gasteiger partial charge in [-0.1, -0.05) is 24.3 Å². The molecular weight excluding hydrogens is 508 g/mol. The number of halogens is 2. The van der Waals surface area contributed by atoms with E-state index in [1.54, 1.807) is 24.3 Å². The molecule has 2 aliphatic carbocycles. The maximum Gasteiger partial charge on any atom is 0.287 e. The summed E-state index contributed by atoms with van der Waals surface area (Å²) in [7, 11) is 0. The van der Waals surface area contributed by atoms with Gasteiger partial charge in [-0.2, -0.15) is 10.4 Å². The van der Waals surface area contributed by atoms with Crippen LogP contribution in [0.15, 0.2) is 58.0 Å². The van der Waals surface area contributed by atoms with Crippen LogP contribution in [0, 0.1) is 11.3 Å². The monoisotopic (exact) mass is 535 g/mol. The van der Waals surface area contributed by atoms with Crippen molar-refractivity contribution in [3.63, 3.8) is 0 Å². The minimum absolute atomic E-state index is 0.0525. The third-order valence-electron chi connectivity index (χ3n) is 7.37. The minimum atomic E-state index is -2.92. The molecule has 1 aromatic heterocycles. The van der Waals surface area contributed by atoms with E-state index in [0.717, 1.165) is 11.1 Å². The number of anilines is 1. The molecule has 2 saturated carbocycles. The highest BCUT2D eigenvalue weighted by Crippen LogP contribution is 2.41. The summed E-state index contributed by atoms with van der Waals surface area (Å²) >= 11 is 0. The van der Waals surface area contributed by atoms with E-state index in [9.17, 15) is 23.6 Å². The molecule has 202 valence electrons. The first-order valence-corrected chi connectivity index (χ1v) is 12.4. The Kier molecular flexibility index (Phi) is 6.47. The van der Waals surface area contributed by atoms with Gasteiger partial charge >= 0.3 is 0 Å². The number of nitrogens with one attached hydrogen (secondary N) is 2. The standard InChI is InChI=1S/C27H27F2N7O3/c28-27(29)11-9-26(10-12-27,24(38)35-25(15-30)7-8-25)34-23(37)22-14-19-2-1-18(13-21(19)39-22)17-3-5-20(6-4-17)36(32)16-33-31/h1-6,13-14,16H,7-12,31-32H2,(H,34,37)(H,35,38)/b33-16-. The van der Waals surface area contributed by atoms with Crippen LogP contribution < -0.4 is 27.3 Å². The number of hydrazine groups is 1. The van der Waals surface area contributed by atoms with E-state index in [0.29, 0.717) is 29.5 Å². The van der Waals surface area contributed by atoms with Crippen LogP contribution in [-0.4, -0.2) is 35.2 Å². The number of nitrogens with two attached hydrogens (primary N) is 2. The van der Waals surface area contributed by atoms with Crippen LogP contribution in [0.25, 0.3) is 22.1 Å². The van der Waals surface area contributed by atoms with Crippen LogP contribution in [0.5, 0.6) is 0 Å². The normalized spacial score (nSPS) is 18.8. The molecule has 2 aliphatic rings. The maximum atomic E-state index is 14.0. The Morgan fingerprint density at radius 3 is 2.28 bits per heavy atom. The number of fused-ring (bicyclic) bond motifs is 1. The number of furan rings is 1. The number of nitriles is 1. The molecule has 0 aliphatic heterocycles.